The van der Waals surface area contributed by atoms with Gasteiger partial charge in [-0.15, -0.1) is 0 Å². The molecule has 0 spiro atoms. The van der Waals surface area contributed by atoms with E-state index in [0.717, 1.165) is 0 Å². The molecule has 1 heterocycles. The van der Waals surface area contributed by atoms with E-state index in [2.05, 4.69) is 0 Å². The first-order valence-corrected chi connectivity index (χ1v) is 8.49. The summed E-state index contributed by atoms with van der Waals surface area (Å²) in [5.74, 6) is 0.477. The lowest BCUT2D eigenvalue weighted by molar-refractivity contribution is -0.0321. The van der Waals surface area contributed by atoms with Gasteiger partial charge in [0.05, 0.1) is 12.7 Å². The van der Waals surface area contributed by atoms with E-state index < -0.39 is 11.2 Å². The minimum absolute atomic E-state index is 0.0301. The fraction of sp³-hybridized carbons (Fsp3) is 0.579. The summed E-state index contributed by atoms with van der Waals surface area (Å²) in [5, 5.41) is 10.7. The number of carbonyl (C=O) groups is 2. The van der Waals surface area contributed by atoms with Crippen molar-refractivity contribution in [2.75, 3.05) is 20.2 Å². The van der Waals surface area contributed by atoms with Gasteiger partial charge in [-0.2, -0.15) is 0 Å². The maximum atomic E-state index is 12.5. The highest BCUT2D eigenvalue weighted by Gasteiger charge is 2.37. The average Bonchev–Trinajstić information content (AvgIpc) is 2.53. The number of piperidine rings is 1. The summed E-state index contributed by atoms with van der Waals surface area (Å²) in [6, 6.07) is 6.90. The summed E-state index contributed by atoms with van der Waals surface area (Å²) >= 11 is 0. The molecular weight excluding hydrogens is 322 g/mol. The fourth-order valence-corrected chi connectivity index (χ4v) is 2.81. The number of Topliss-reactive ketones (excluding diaryl/α,β-unsaturated/α-hetero) is 1. The Morgan fingerprint density at radius 1 is 1.24 bits per heavy atom. The van der Waals surface area contributed by atoms with Gasteiger partial charge in [0, 0.05) is 25.1 Å². The van der Waals surface area contributed by atoms with Gasteiger partial charge in [0.15, 0.2) is 5.78 Å². The van der Waals surface area contributed by atoms with E-state index in [-0.39, 0.29) is 18.3 Å². The predicted molar refractivity (Wildman–Crippen MR) is 93.9 cm³/mol. The topological polar surface area (TPSA) is 76.1 Å². The maximum Gasteiger partial charge on any atom is 0.410 e. The molecule has 2 rings (SSSR count). The van der Waals surface area contributed by atoms with Crippen LogP contribution in [0.2, 0.25) is 0 Å². The number of ketones is 1. The highest BCUT2D eigenvalue weighted by molar-refractivity contribution is 5.97. The second-order valence-electron chi connectivity index (χ2n) is 7.52. The number of carbonyl (C=O) groups excluding carboxylic acids is 2. The molecule has 1 amide bonds. The van der Waals surface area contributed by atoms with Gasteiger partial charge in [0.2, 0.25) is 0 Å². The van der Waals surface area contributed by atoms with Crippen LogP contribution < -0.4 is 4.74 Å². The van der Waals surface area contributed by atoms with Crippen LogP contribution in [0.1, 0.15) is 50.4 Å². The van der Waals surface area contributed by atoms with Crippen LogP contribution in [0.25, 0.3) is 0 Å². The van der Waals surface area contributed by atoms with Gasteiger partial charge in [0.1, 0.15) is 11.4 Å². The van der Waals surface area contributed by atoms with Crippen molar-refractivity contribution < 1.29 is 24.2 Å². The summed E-state index contributed by atoms with van der Waals surface area (Å²) in [4.78, 5) is 26.1. The molecule has 1 saturated heterocycles. The molecule has 0 unspecified atom stereocenters. The Kier molecular flexibility index (Phi) is 5.72. The van der Waals surface area contributed by atoms with Gasteiger partial charge in [-0.05, 0) is 45.7 Å². The Morgan fingerprint density at radius 2 is 1.88 bits per heavy atom. The quantitative estimate of drug-likeness (QED) is 0.846. The molecule has 0 aromatic heterocycles. The minimum atomic E-state index is -1.10. The van der Waals surface area contributed by atoms with Gasteiger partial charge < -0.3 is 19.5 Å². The zero-order valence-electron chi connectivity index (χ0n) is 15.4. The number of ether oxygens (including phenoxy) is 2. The zero-order valence-corrected chi connectivity index (χ0v) is 15.4. The van der Waals surface area contributed by atoms with Gasteiger partial charge in [-0.1, -0.05) is 12.1 Å². The van der Waals surface area contributed by atoms with Crippen molar-refractivity contribution in [2.45, 2.75) is 51.2 Å². The molecule has 138 valence electrons. The number of likely N-dealkylation sites (tertiary alicyclic amines) is 1. The Balaban J connectivity index is 1.93. The van der Waals surface area contributed by atoms with E-state index in [1.807, 2.05) is 20.8 Å². The highest BCUT2D eigenvalue weighted by atomic mass is 16.6. The van der Waals surface area contributed by atoms with Crippen molar-refractivity contribution in [1.29, 1.82) is 0 Å². The number of rotatable bonds is 4. The summed E-state index contributed by atoms with van der Waals surface area (Å²) in [6.45, 7) is 6.20. The normalized spacial score (nSPS) is 17.1. The van der Waals surface area contributed by atoms with Crippen LogP contribution in [0, 0.1) is 0 Å². The highest BCUT2D eigenvalue weighted by Crippen LogP contribution is 2.28. The number of hydrogen-bond acceptors (Lipinski definition) is 5. The Hall–Kier alpha value is -2.08. The Labute approximate surface area is 148 Å². The molecule has 1 fully saturated rings. The third-order valence-electron chi connectivity index (χ3n) is 4.23. The van der Waals surface area contributed by atoms with Crippen molar-refractivity contribution in [3.63, 3.8) is 0 Å². The number of amides is 1. The zero-order chi connectivity index (χ0) is 18.7. The third kappa shape index (κ3) is 5.46. The van der Waals surface area contributed by atoms with Crippen molar-refractivity contribution >= 4 is 11.9 Å². The fourth-order valence-electron chi connectivity index (χ4n) is 2.81. The van der Waals surface area contributed by atoms with Crippen molar-refractivity contribution in [1.82, 2.24) is 4.90 Å². The SMILES string of the molecule is COc1cccc(C(=O)CC2(O)CCN(C(=O)OC(C)(C)C)CC2)c1. The van der Waals surface area contributed by atoms with Crippen molar-refractivity contribution in [2.24, 2.45) is 0 Å². The first kappa shape index (κ1) is 19.2. The molecule has 0 saturated carbocycles. The number of aliphatic hydroxyl groups is 1. The van der Waals surface area contributed by atoms with Crippen LogP contribution in [0.15, 0.2) is 24.3 Å². The van der Waals surface area contributed by atoms with E-state index in [9.17, 15) is 14.7 Å². The molecule has 1 aliphatic rings. The van der Waals surface area contributed by atoms with Crippen LogP contribution in [0.4, 0.5) is 4.79 Å². The van der Waals surface area contributed by atoms with Crippen molar-refractivity contribution in [3.05, 3.63) is 29.8 Å². The second-order valence-corrected chi connectivity index (χ2v) is 7.52. The largest absolute Gasteiger partial charge is 0.497 e. The Bertz CT molecular complexity index is 627. The van der Waals surface area contributed by atoms with Crippen LogP contribution in [0.3, 0.4) is 0 Å². The minimum Gasteiger partial charge on any atom is -0.497 e. The molecule has 1 N–H and O–H groups in total. The molecule has 0 bridgehead atoms. The number of hydrogen-bond donors (Lipinski definition) is 1. The van der Waals surface area contributed by atoms with Crippen LogP contribution in [-0.4, -0.2) is 53.3 Å². The molecule has 1 aromatic rings. The first-order valence-electron chi connectivity index (χ1n) is 8.49. The Morgan fingerprint density at radius 3 is 2.44 bits per heavy atom. The molecule has 0 radical (unpaired) electrons. The maximum absolute atomic E-state index is 12.5. The number of benzene rings is 1. The van der Waals surface area contributed by atoms with Crippen molar-refractivity contribution in [3.8, 4) is 5.75 Å². The summed E-state index contributed by atoms with van der Waals surface area (Å²) in [5.41, 5.74) is -1.13. The molecular formula is C19H27NO5. The first-order chi connectivity index (χ1) is 11.6. The molecule has 1 aromatic carbocycles. The van der Waals surface area contributed by atoms with E-state index in [4.69, 9.17) is 9.47 Å². The van der Waals surface area contributed by atoms with Crippen LogP contribution in [0.5, 0.6) is 5.75 Å². The van der Waals surface area contributed by atoms with E-state index in [1.165, 1.54) is 0 Å². The second kappa shape index (κ2) is 7.44. The predicted octanol–water partition coefficient (Wildman–Crippen LogP) is 3.03. The summed E-state index contributed by atoms with van der Waals surface area (Å²) < 4.78 is 10.5. The number of methoxy groups -OCH3 is 1. The van der Waals surface area contributed by atoms with Gasteiger partial charge in [-0.3, -0.25) is 4.79 Å². The smallest absolute Gasteiger partial charge is 0.410 e. The summed E-state index contributed by atoms with van der Waals surface area (Å²) in [7, 11) is 1.55. The third-order valence-corrected chi connectivity index (χ3v) is 4.23. The van der Waals surface area contributed by atoms with E-state index in [0.29, 0.717) is 37.2 Å². The van der Waals surface area contributed by atoms with Gasteiger partial charge in [0.25, 0.3) is 0 Å². The molecule has 0 aliphatic carbocycles. The lowest BCUT2D eigenvalue weighted by atomic mass is 9.85. The van der Waals surface area contributed by atoms with Crippen LogP contribution >= 0.6 is 0 Å². The lowest BCUT2D eigenvalue weighted by Crippen LogP contribution is -2.48. The molecule has 0 atom stereocenters. The summed E-state index contributed by atoms with van der Waals surface area (Å²) in [6.07, 6.45) is 0.348. The molecule has 6 heteroatoms. The van der Waals surface area contributed by atoms with Crippen LogP contribution in [-0.2, 0) is 4.74 Å². The number of nitrogens with zero attached hydrogens (tertiary/aromatic N) is 1. The lowest BCUT2D eigenvalue weighted by Gasteiger charge is -2.38. The van der Waals surface area contributed by atoms with E-state index >= 15 is 0 Å². The average molecular weight is 349 g/mol. The molecule has 25 heavy (non-hydrogen) atoms. The van der Waals surface area contributed by atoms with Gasteiger partial charge >= 0.3 is 6.09 Å². The van der Waals surface area contributed by atoms with E-state index in [1.54, 1.807) is 36.3 Å². The van der Waals surface area contributed by atoms with Gasteiger partial charge in [-0.25, -0.2) is 4.79 Å². The molecule has 1 aliphatic heterocycles. The monoisotopic (exact) mass is 349 g/mol. The molecule has 6 nitrogen and oxygen atoms in total. The standard InChI is InChI=1S/C19H27NO5/c1-18(2,3)25-17(22)20-10-8-19(23,9-11-20)13-16(21)14-6-5-7-15(12-14)24-4/h5-7,12,23H,8-11,13H2,1-4H3.